The zero-order valence-electron chi connectivity index (χ0n) is 33.2. The molecule has 6 heteroatoms. The average Bonchev–Trinajstić information content (AvgIpc) is 3.63. The number of phenolic OH excluding ortho intramolecular Hbond substituents is 1. The number of hydrogen-bond donors (Lipinski definition) is 1. The van der Waals surface area contributed by atoms with Crippen molar-refractivity contribution in [1.82, 2.24) is 9.97 Å². The van der Waals surface area contributed by atoms with Crippen LogP contribution >= 0.6 is 0 Å². The van der Waals surface area contributed by atoms with Crippen LogP contribution in [0.3, 0.4) is 0 Å². The Labute approximate surface area is 363 Å². The van der Waals surface area contributed by atoms with E-state index in [0.717, 1.165) is 66.4 Å². The Hall–Kier alpha value is -6.28. The number of phenols is 1. The summed E-state index contributed by atoms with van der Waals surface area (Å²) < 4.78 is 0. The maximum atomic E-state index is 13.0. The summed E-state index contributed by atoms with van der Waals surface area (Å²) in [7, 11) is 0. The van der Waals surface area contributed by atoms with Crippen LogP contribution in [0.15, 0.2) is 152 Å². The number of rotatable bonds is 3. The molecule has 0 spiro atoms. The summed E-state index contributed by atoms with van der Waals surface area (Å²) in [5.41, 5.74) is 17.6. The van der Waals surface area contributed by atoms with Gasteiger partial charge in [-0.15, -0.1) is 23.8 Å². The number of nitrogens with zero attached hydrogens (tertiary/aromatic N) is 2. The SMILES string of the molecule is CC(C)(C)c1cc(-c2cc(-c3ccccc3)ccn2)[c-]c(-c2ccc3c4ccc5cccc6c5c4c4c5c7c(c(O)c4c3n2)-c2ccccc2B7c2ccccc2B65)c1.[Pt]. The Kier molecular flexibility index (Phi) is 7.50. The van der Waals surface area contributed by atoms with Crippen molar-refractivity contribution in [2.75, 3.05) is 0 Å². The predicted molar refractivity (Wildman–Crippen MR) is 249 cm³/mol. The summed E-state index contributed by atoms with van der Waals surface area (Å²) in [6.45, 7) is 6.83. The first-order valence-electron chi connectivity index (χ1n) is 20.6. The largest absolute Gasteiger partial charge is 0.507 e. The molecule has 0 saturated heterocycles. The summed E-state index contributed by atoms with van der Waals surface area (Å²) in [4.78, 5) is 10.5. The molecule has 10 aromatic rings. The molecule has 0 unspecified atom stereocenters. The van der Waals surface area contributed by atoms with E-state index in [1.165, 1.54) is 59.9 Å². The van der Waals surface area contributed by atoms with E-state index >= 15 is 0 Å². The molecule has 60 heavy (non-hydrogen) atoms. The van der Waals surface area contributed by atoms with Gasteiger partial charge in [-0.1, -0.05) is 192 Å². The van der Waals surface area contributed by atoms with Crippen molar-refractivity contribution in [1.29, 1.82) is 0 Å². The van der Waals surface area contributed by atoms with Gasteiger partial charge in [-0.2, -0.15) is 0 Å². The van der Waals surface area contributed by atoms with Crippen LogP contribution in [0.25, 0.3) is 88.0 Å². The first-order chi connectivity index (χ1) is 28.8. The number of aromatic hydroxyl groups is 1. The van der Waals surface area contributed by atoms with E-state index in [-0.39, 0.29) is 39.9 Å². The van der Waals surface area contributed by atoms with E-state index in [2.05, 4.69) is 166 Å². The van der Waals surface area contributed by atoms with Crippen LogP contribution in [0, 0.1) is 6.07 Å². The quantitative estimate of drug-likeness (QED) is 0.110. The smallest absolute Gasteiger partial charge is 0.241 e. The van der Waals surface area contributed by atoms with E-state index in [1.54, 1.807) is 0 Å². The summed E-state index contributed by atoms with van der Waals surface area (Å²) >= 11 is 0. The third-order valence-electron chi connectivity index (χ3n) is 13.5. The molecule has 0 fully saturated rings. The van der Waals surface area contributed by atoms with E-state index < -0.39 is 0 Å². The summed E-state index contributed by atoms with van der Waals surface area (Å²) in [5.74, 6) is 0.329. The maximum absolute atomic E-state index is 13.0. The molecule has 13 rings (SSSR count). The van der Waals surface area contributed by atoms with Crippen molar-refractivity contribution in [3.05, 3.63) is 163 Å². The molecular formula is C54H35B2N2OPt-. The molecule has 284 valence electrons. The fraction of sp³-hybridized carbons (Fsp3) is 0.0741. The second kappa shape index (κ2) is 12.6. The summed E-state index contributed by atoms with van der Waals surface area (Å²) in [5, 5.41) is 21.0. The molecule has 0 bridgehead atoms. The van der Waals surface area contributed by atoms with Crippen LogP contribution in [-0.2, 0) is 26.5 Å². The third kappa shape index (κ3) is 4.73. The fourth-order valence-corrected chi connectivity index (χ4v) is 10.9. The zero-order valence-corrected chi connectivity index (χ0v) is 35.5. The van der Waals surface area contributed by atoms with Crippen LogP contribution < -0.4 is 32.8 Å². The monoisotopic (exact) mass is 944 g/mol. The molecule has 3 nitrogen and oxygen atoms in total. The molecule has 8 aromatic carbocycles. The van der Waals surface area contributed by atoms with Crippen LogP contribution in [0.2, 0.25) is 0 Å². The van der Waals surface area contributed by atoms with Gasteiger partial charge in [0, 0.05) is 55.0 Å². The van der Waals surface area contributed by atoms with Crippen molar-refractivity contribution in [2.24, 2.45) is 0 Å². The number of fused-ring (bicyclic) bond motifs is 10. The molecule has 3 aliphatic rings. The first-order valence-corrected chi connectivity index (χ1v) is 20.6. The van der Waals surface area contributed by atoms with Crippen molar-refractivity contribution < 1.29 is 26.2 Å². The standard InChI is InChI=1S/C54H35B2N2O.Pt/c1-54(2,3)35-27-33(26-34(28-35)44-29-32(24-25-57-44)30-12-5-4-6-13-30)43-23-22-37-36-21-20-31-14-11-19-42-45(31)46(36)48-49(52(37)58-43)53(59)47-38-15-7-8-16-39(38)55-40-17-9-10-18-41(40)56(42)51(48)50(47)55;/h4-25,27-29,59H,1-3H3;/q-1;. The molecule has 0 amide bonds. The molecule has 2 aromatic heterocycles. The molecule has 0 atom stereocenters. The molecule has 3 aliphatic heterocycles. The predicted octanol–water partition coefficient (Wildman–Crippen LogP) is 8.53. The van der Waals surface area contributed by atoms with Crippen LogP contribution in [0.4, 0.5) is 0 Å². The van der Waals surface area contributed by atoms with Crippen LogP contribution in [-0.4, -0.2) is 28.5 Å². The van der Waals surface area contributed by atoms with Crippen LogP contribution in [0.5, 0.6) is 5.75 Å². The van der Waals surface area contributed by atoms with Gasteiger partial charge in [0.1, 0.15) is 5.75 Å². The normalized spacial score (nSPS) is 13.1. The molecule has 0 saturated carbocycles. The summed E-state index contributed by atoms with van der Waals surface area (Å²) in [6.07, 6.45) is 1.89. The van der Waals surface area contributed by atoms with Gasteiger partial charge in [-0.05, 0) is 55.1 Å². The second-order valence-electron chi connectivity index (χ2n) is 17.7. The Morgan fingerprint density at radius 2 is 1.23 bits per heavy atom. The molecule has 5 heterocycles. The number of pyridine rings is 2. The summed E-state index contributed by atoms with van der Waals surface area (Å²) in [6, 6.07) is 56.3. The maximum Gasteiger partial charge on any atom is 0.241 e. The van der Waals surface area contributed by atoms with Gasteiger partial charge < -0.3 is 5.11 Å². The number of benzene rings is 8. The topological polar surface area (TPSA) is 46.0 Å². The van der Waals surface area contributed by atoms with Crippen LogP contribution in [0.1, 0.15) is 26.3 Å². The van der Waals surface area contributed by atoms with E-state index in [9.17, 15) is 5.11 Å². The van der Waals surface area contributed by atoms with Crippen molar-refractivity contribution >= 4 is 89.4 Å². The van der Waals surface area contributed by atoms with Gasteiger partial charge in [0.25, 0.3) is 0 Å². The van der Waals surface area contributed by atoms with Gasteiger partial charge in [-0.25, -0.2) is 0 Å². The van der Waals surface area contributed by atoms with Crippen molar-refractivity contribution in [2.45, 2.75) is 26.2 Å². The molecule has 0 aliphatic carbocycles. The van der Waals surface area contributed by atoms with E-state index in [4.69, 9.17) is 9.97 Å². The van der Waals surface area contributed by atoms with E-state index in [0.29, 0.717) is 5.75 Å². The van der Waals surface area contributed by atoms with Gasteiger partial charge >= 0.3 is 0 Å². The first kappa shape index (κ1) is 35.6. The Balaban J connectivity index is 0.00000388. The molecule has 1 N–H and O–H groups in total. The van der Waals surface area contributed by atoms with Crippen molar-refractivity contribution in [3.8, 4) is 50.5 Å². The van der Waals surface area contributed by atoms with Gasteiger partial charge in [0.2, 0.25) is 13.4 Å². The van der Waals surface area contributed by atoms with Crippen molar-refractivity contribution in [3.63, 3.8) is 0 Å². The average molecular weight is 945 g/mol. The number of aromatic nitrogens is 2. The van der Waals surface area contributed by atoms with Gasteiger partial charge in [-0.3, -0.25) is 9.97 Å². The van der Waals surface area contributed by atoms with Gasteiger partial charge in [0.15, 0.2) is 0 Å². The Bertz CT molecular complexity index is 3520. The third-order valence-corrected chi connectivity index (χ3v) is 13.5. The Morgan fingerprint density at radius 1 is 0.550 bits per heavy atom. The fourth-order valence-electron chi connectivity index (χ4n) is 10.9. The minimum absolute atomic E-state index is 0. The molecular weight excluding hydrogens is 909 g/mol. The van der Waals surface area contributed by atoms with Gasteiger partial charge in [0.05, 0.1) is 5.52 Å². The van der Waals surface area contributed by atoms with E-state index in [1.807, 2.05) is 12.3 Å². The second-order valence-corrected chi connectivity index (χ2v) is 17.7. The zero-order chi connectivity index (χ0) is 39.3. The Morgan fingerprint density at radius 3 is 2.02 bits per heavy atom. The minimum atomic E-state index is -0.137. The molecule has 0 radical (unpaired) electrons. The minimum Gasteiger partial charge on any atom is -0.507 e. The number of hydrogen-bond acceptors (Lipinski definition) is 3.